The van der Waals surface area contributed by atoms with Crippen molar-refractivity contribution in [3.05, 3.63) is 53.8 Å². The summed E-state index contributed by atoms with van der Waals surface area (Å²) >= 11 is 1.48. The second kappa shape index (κ2) is 7.93. The number of amides is 1. The number of anilines is 1. The van der Waals surface area contributed by atoms with Gasteiger partial charge in [-0.2, -0.15) is 4.98 Å². The number of aromatic nitrogens is 3. The molecule has 0 bridgehead atoms. The van der Waals surface area contributed by atoms with E-state index in [0.717, 1.165) is 22.8 Å². The molecule has 144 valence electrons. The first-order valence-electron chi connectivity index (χ1n) is 9.06. The summed E-state index contributed by atoms with van der Waals surface area (Å²) < 4.78 is 5.94. The van der Waals surface area contributed by atoms with Crippen LogP contribution in [-0.2, 0) is 0 Å². The third kappa shape index (κ3) is 3.96. The Morgan fingerprint density at radius 2 is 2.04 bits per heavy atom. The van der Waals surface area contributed by atoms with Gasteiger partial charge in [0.05, 0.1) is 18.9 Å². The highest BCUT2D eigenvalue weighted by molar-refractivity contribution is 7.13. The summed E-state index contributed by atoms with van der Waals surface area (Å²) in [5.74, 6) is 1.16. The molecule has 0 radical (unpaired) electrons. The fourth-order valence-corrected chi connectivity index (χ4v) is 3.84. The summed E-state index contributed by atoms with van der Waals surface area (Å²) in [5, 5.41) is 2.68. The number of carbonyl (C=O) groups is 1. The van der Waals surface area contributed by atoms with E-state index >= 15 is 0 Å². The van der Waals surface area contributed by atoms with Crippen LogP contribution in [0.2, 0.25) is 0 Å². The van der Waals surface area contributed by atoms with Gasteiger partial charge < -0.3 is 14.5 Å². The summed E-state index contributed by atoms with van der Waals surface area (Å²) in [6, 6.07) is 9.89. The molecule has 1 atom stereocenters. The lowest BCUT2D eigenvalue weighted by atomic mass is 10.2. The number of hydrogen-bond donors (Lipinski definition) is 0. The molecule has 3 heterocycles. The lowest BCUT2D eigenvalue weighted by Gasteiger charge is -2.17. The van der Waals surface area contributed by atoms with E-state index in [0.29, 0.717) is 24.7 Å². The summed E-state index contributed by atoms with van der Waals surface area (Å²) in [5.41, 5.74) is 1.51. The number of thiazole rings is 1. The first-order valence-corrected chi connectivity index (χ1v) is 9.94. The van der Waals surface area contributed by atoms with Crippen LogP contribution in [0.1, 0.15) is 16.9 Å². The molecule has 2 aromatic heterocycles. The van der Waals surface area contributed by atoms with Crippen LogP contribution in [0.25, 0.3) is 10.6 Å². The summed E-state index contributed by atoms with van der Waals surface area (Å²) in [6.45, 7) is 1.16. The molecule has 8 heteroatoms. The topological polar surface area (TPSA) is 71.5 Å². The zero-order chi connectivity index (χ0) is 19.5. The Kier molecular flexibility index (Phi) is 5.21. The molecule has 7 nitrogen and oxygen atoms in total. The number of ether oxygens (including phenoxy) is 1. The van der Waals surface area contributed by atoms with Crippen LogP contribution in [0.15, 0.2) is 48.1 Å². The second-order valence-electron chi connectivity index (χ2n) is 6.79. The van der Waals surface area contributed by atoms with Gasteiger partial charge >= 0.3 is 0 Å². The van der Waals surface area contributed by atoms with E-state index < -0.39 is 0 Å². The second-order valence-corrected chi connectivity index (χ2v) is 7.65. The zero-order valence-corrected chi connectivity index (χ0v) is 16.6. The molecule has 0 spiro atoms. The zero-order valence-electron chi connectivity index (χ0n) is 15.8. The minimum Gasteiger partial charge on any atom is -0.471 e. The molecule has 28 heavy (non-hydrogen) atoms. The highest BCUT2D eigenvalue weighted by atomic mass is 32.1. The maximum atomic E-state index is 12.8. The van der Waals surface area contributed by atoms with Gasteiger partial charge in [-0.1, -0.05) is 30.3 Å². The maximum absolute atomic E-state index is 12.8. The van der Waals surface area contributed by atoms with Crippen molar-refractivity contribution in [2.45, 2.75) is 12.5 Å². The molecule has 3 aromatic rings. The average Bonchev–Trinajstić information content (AvgIpc) is 3.38. The van der Waals surface area contributed by atoms with Gasteiger partial charge in [-0.3, -0.25) is 9.78 Å². The number of carbonyl (C=O) groups excluding carboxylic acids is 1. The molecule has 1 aliphatic heterocycles. The van der Waals surface area contributed by atoms with Crippen LogP contribution in [-0.4, -0.2) is 59.0 Å². The van der Waals surface area contributed by atoms with Crippen molar-refractivity contribution in [1.82, 2.24) is 19.9 Å². The Balaban J connectivity index is 1.40. The Hall–Kier alpha value is -3.00. The molecule has 0 saturated carbocycles. The fraction of sp³-hybridized carbons (Fsp3) is 0.300. The van der Waals surface area contributed by atoms with Gasteiger partial charge in [-0.15, -0.1) is 11.3 Å². The third-order valence-electron chi connectivity index (χ3n) is 4.52. The van der Waals surface area contributed by atoms with Crippen molar-refractivity contribution < 1.29 is 9.53 Å². The molecule has 1 fully saturated rings. The highest BCUT2D eigenvalue weighted by Gasteiger charge is 2.30. The number of hydrogen-bond acceptors (Lipinski definition) is 7. The summed E-state index contributed by atoms with van der Waals surface area (Å²) in [7, 11) is 3.81. The number of nitrogens with zero attached hydrogens (tertiary/aromatic N) is 5. The van der Waals surface area contributed by atoms with Crippen molar-refractivity contribution in [2.75, 3.05) is 32.1 Å². The molecular weight excluding hydrogens is 374 g/mol. The van der Waals surface area contributed by atoms with Gasteiger partial charge in [0, 0.05) is 38.0 Å². The van der Waals surface area contributed by atoms with Crippen molar-refractivity contribution >= 4 is 23.1 Å². The Bertz CT molecular complexity index is 960. The Labute approximate surface area is 167 Å². The first kappa shape index (κ1) is 18.4. The predicted molar refractivity (Wildman–Crippen MR) is 109 cm³/mol. The van der Waals surface area contributed by atoms with Gasteiger partial charge in [-0.05, 0) is 0 Å². The van der Waals surface area contributed by atoms with Crippen LogP contribution in [0.5, 0.6) is 5.88 Å². The highest BCUT2D eigenvalue weighted by Crippen LogP contribution is 2.25. The van der Waals surface area contributed by atoms with Crippen LogP contribution in [0.4, 0.5) is 5.82 Å². The van der Waals surface area contributed by atoms with E-state index in [-0.39, 0.29) is 12.0 Å². The average molecular weight is 395 g/mol. The van der Waals surface area contributed by atoms with Gasteiger partial charge in [-0.25, -0.2) is 4.98 Å². The lowest BCUT2D eigenvalue weighted by Crippen LogP contribution is -2.31. The molecular formula is C20H21N5O2S. The normalized spacial score (nSPS) is 16.2. The molecule has 1 aliphatic rings. The van der Waals surface area contributed by atoms with Gasteiger partial charge in [0.1, 0.15) is 16.8 Å². The standard InChI is InChI=1S/C20H21N5O2S/c1-24(2)17-10-21-11-18(23-17)27-15-8-9-25(12-15)20(26)16-13-28-19(22-16)14-6-4-3-5-7-14/h3-7,10-11,13,15H,8-9,12H2,1-2H3. The van der Waals surface area contributed by atoms with Crippen LogP contribution in [0.3, 0.4) is 0 Å². The van der Waals surface area contributed by atoms with Crippen molar-refractivity contribution in [1.29, 1.82) is 0 Å². The van der Waals surface area contributed by atoms with E-state index in [9.17, 15) is 4.79 Å². The molecule has 1 unspecified atom stereocenters. The maximum Gasteiger partial charge on any atom is 0.273 e. The smallest absolute Gasteiger partial charge is 0.273 e. The van der Waals surface area contributed by atoms with E-state index in [1.165, 1.54) is 11.3 Å². The number of benzene rings is 1. The van der Waals surface area contributed by atoms with E-state index in [2.05, 4.69) is 15.0 Å². The van der Waals surface area contributed by atoms with Gasteiger partial charge in [0.15, 0.2) is 5.82 Å². The van der Waals surface area contributed by atoms with Gasteiger partial charge in [0.2, 0.25) is 5.88 Å². The molecule has 1 amide bonds. The summed E-state index contributed by atoms with van der Waals surface area (Å²) in [4.78, 5) is 29.6. The molecule has 1 saturated heterocycles. The number of likely N-dealkylation sites (tertiary alicyclic amines) is 1. The molecule has 1 aromatic carbocycles. The van der Waals surface area contributed by atoms with Crippen LogP contribution >= 0.6 is 11.3 Å². The largest absolute Gasteiger partial charge is 0.471 e. The SMILES string of the molecule is CN(C)c1cncc(OC2CCN(C(=O)c3csc(-c4ccccc4)n3)C2)n1. The van der Waals surface area contributed by atoms with Crippen LogP contribution < -0.4 is 9.64 Å². The minimum absolute atomic E-state index is 0.0577. The minimum atomic E-state index is -0.0945. The van der Waals surface area contributed by atoms with Crippen molar-refractivity contribution in [2.24, 2.45) is 0 Å². The number of rotatable bonds is 5. The quantitative estimate of drug-likeness (QED) is 0.661. The van der Waals surface area contributed by atoms with Gasteiger partial charge in [0.25, 0.3) is 5.91 Å². The van der Waals surface area contributed by atoms with E-state index in [4.69, 9.17) is 4.74 Å². The van der Waals surface area contributed by atoms with Crippen molar-refractivity contribution in [3.8, 4) is 16.5 Å². The predicted octanol–water partition coefficient (Wildman–Crippen LogP) is 2.96. The Morgan fingerprint density at radius 3 is 2.82 bits per heavy atom. The molecule has 4 rings (SSSR count). The first-order chi connectivity index (χ1) is 13.6. The fourth-order valence-electron chi connectivity index (χ4n) is 3.04. The van der Waals surface area contributed by atoms with E-state index in [1.54, 1.807) is 17.3 Å². The Morgan fingerprint density at radius 1 is 1.21 bits per heavy atom. The monoisotopic (exact) mass is 395 g/mol. The molecule has 0 N–H and O–H groups in total. The van der Waals surface area contributed by atoms with E-state index in [1.807, 2.05) is 54.7 Å². The van der Waals surface area contributed by atoms with Crippen LogP contribution in [0, 0.1) is 0 Å². The third-order valence-corrected chi connectivity index (χ3v) is 5.41. The lowest BCUT2D eigenvalue weighted by molar-refractivity contribution is 0.0766. The molecule has 0 aliphatic carbocycles. The van der Waals surface area contributed by atoms with Crippen molar-refractivity contribution in [3.63, 3.8) is 0 Å². The summed E-state index contributed by atoms with van der Waals surface area (Å²) in [6.07, 6.45) is 3.95.